The molecule has 0 aliphatic carbocycles. The van der Waals surface area contributed by atoms with Gasteiger partial charge in [-0.05, 0) is 40.6 Å². The van der Waals surface area contributed by atoms with Gasteiger partial charge in [0.1, 0.15) is 11.8 Å². The van der Waals surface area contributed by atoms with Gasteiger partial charge in [0.15, 0.2) is 0 Å². The zero-order valence-electron chi connectivity index (χ0n) is 10.8. The van der Waals surface area contributed by atoms with Crippen LogP contribution in [0.3, 0.4) is 0 Å². The minimum atomic E-state index is 0.474. The molecule has 1 heterocycles. The number of nitriles is 1. The molecule has 0 unspecified atom stereocenters. The maximum absolute atomic E-state index is 8.85. The van der Waals surface area contributed by atoms with Crippen LogP contribution in [0.25, 0.3) is 10.8 Å². The van der Waals surface area contributed by atoms with Crippen LogP contribution in [-0.4, -0.2) is 4.98 Å². The zero-order valence-corrected chi connectivity index (χ0v) is 11.6. The summed E-state index contributed by atoms with van der Waals surface area (Å²) in [5, 5.41) is 11.4. The first-order valence-electron chi connectivity index (χ1n) is 6.32. The molecule has 96 valence electrons. The average Bonchev–Trinajstić information content (AvgIpc) is 2.53. The molecule has 0 bridgehead atoms. The van der Waals surface area contributed by atoms with Crippen molar-refractivity contribution in [3.63, 3.8) is 0 Å². The Balaban J connectivity index is 1.78. The minimum absolute atomic E-state index is 0.474. The summed E-state index contributed by atoms with van der Waals surface area (Å²) in [6.07, 6.45) is 1.69. The SMILES string of the molecule is N#Cc1cc(CSc2ccc3ccccc3c2)ccn1. The summed E-state index contributed by atoms with van der Waals surface area (Å²) in [6, 6.07) is 20.7. The number of hydrogen-bond donors (Lipinski definition) is 0. The van der Waals surface area contributed by atoms with Gasteiger partial charge in [-0.2, -0.15) is 5.26 Å². The van der Waals surface area contributed by atoms with Crippen LogP contribution in [0.2, 0.25) is 0 Å². The first-order chi connectivity index (χ1) is 9.85. The Bertz CT molecular complexity index is 790. The fourth-order valence-electron chi connectivity index (χ4n) is 2.05. The van der Waals surface area contributed by atoms with Crippen LogP contribution in [0.5, 0.6) is 0 Å². The number of benzene rings is 2. The molecule has 0 saturated carbocycles. The third-order valence-electron chi connectivity index (χ3n) is 3.07. The molecule has 3 heteroatoms. The molecule has 0 amide bonds. The molecular formula is C17H12N2S. The summed E-state index contributed by atoms with van der Waals surface area (Å²) in [5.74, 6) is 0.843. The standard InChI is InChI=1S/C17H12N2S/c18-11-16-9-13(7-8-19-16)12-20-17-6-5-14-3-1-2-4-15(14)10-17/h1-10H,12H2. The molecule has 0 atom stereocenters. The molecule has 2 nitrogen and oxygen atoms in total. The molecule has 0 aliphatic heterocycles. The predicted octanol–water partition coefficient (Wildman–Crippen LogP) is 4.40. The van der Waals surface area contributed by atoms with Crippen molar-refractivity contribution in [3.05, 3.63) is 72.1 Å². The summed E-state index contributed by atoms with van der Waals surface area (Å²) in [4.78, 5) is 5.22. The molecule has 0 fully saturated rings. The summed E-state index contributed by atoms with van der Waals surface area (Å²) in [7, 11) is 0. The first kappa shape index (κ1) is 12.7. The van der Waals surface area contributed by atoms with E-state index in [1.54, 1.807) is 18.0 Å². The lowest BCUT2D eigenvalue weighted by Gasteiger charge is -2.04. The van der Waals surface area contributed by atoms with Gasteiger partial charge in [-0.25, -0.2) is 4.98 Å². The molecule has 0 N–H and O–H groups in total. The van der Waals surface area contributed by atoms with Gasteiger partial charge in [0.2, 0.25) is 0 Å². The average molecular weight is 276 g/mol. The van der Waals surface area contributed by atoms with Gasteiger partial charge in [0.25, 0.3) is 0 Å². The van der Waals surface area contributed by atoms with Gasteiger partial charge in [0.05, 0.1) is 0 Å². The molecule has 2 aromatic carbocycles. The minimum Gasteiger partial charge on any atom is -0.246 e. The molecule has 0 spiro atoms. The number of rotatable bonds is 3. The summed E-state index contributed by atoms with van der Waals surface area (Å²) >= 11 is 1.77. The van der Waals surface area contributed by atoms with E-state index in [1.807, 2.05) is 12.1 Å². The summed E-state index contributed by atoms with van der Waals surface area (Å²) in [6.45, 7) is 0. The van der Waals surface area contributed by atoms with Crippen molar-refractivity contribution in [2.45, 2.75) is 10.6 Å². The normalized spacial score (nSPS) is 10.3. The quantitative estimate of drug-likeness (QED) is 0.665. The fraction of sp³-hybridized carbons (Fsp3) is 0.0588. The van der Waals surface area contributed by atoms with E-state index in [0.29, 0.717) is 5.69 Å². The third-order valence-corrected chi connectivity index (χ3v) is 4.13. The maximum atomic E-state index is 8.85. The van der Waals surface area contributed by atoms with E-state index in [1.165, 1.54) is 15.7 Å². The van der Waals surface area contributed by atoms with Crippen molar-refractivity contribution in [2.24, 2.45) is 0 Å². The van der Waals surface area contributed by atoms with E-state index in [9.17, 15) is 0 Å². The van der Waals surface area contributed by atoms with E-state index >= 15 is 0 Å². The second-order valence-electron chi connectivity index (χ2n) is 4.46. The lowest BCUT2D eigenvalue weighted by molar-refractivity contribution is 1.22. The van der Waals surface area contributed by atoms with E-state index in [0.717, 1.165) is 11.3 Å². The second-order valence-corrected chi connectivity index (χ2v) is 5.51. The highest BCUT2D eigenvalue weighted by atomic mass is 32.2. The van der Waals surface area contributed by atoms with Crippen molar-refractivity contribution < 1.29 is 0 Å². The number of pyridine rings is 1. The van der Waals surface area contributed by atoms with Gasteiger partial charge in [0, 0.05) is 16.8 Å². The van der Waals surface area contributed by atoms with Crippen molar-refractivity contribution >= 4 is 22.5 Å². The van der Waals surface area contributed by atoms with Crippen LogP contribution in [0.15, 0.2) is 65.7 Å². The van der Waals surface area contributed by atoms with Crippen molar-refractivity contribution in [1.82, 2.24) is 4.98 Å². The van der Waals surface area contributed by atoms with Crippen molar-refractivity contribution in [3.8, 4) is 6.07 Å². The van der Waals surface area contributed by atoms with E-state index in [2.05, 4.69) is 53.5 Å². The maximum Gasteiger partial charge on any atom is 0.140 e. The molecule has 1 aromatic heterocycles. The van der Waals surface area contributed by atoms with Crippen LogP contribution in [-0.2, 0) is 5.75 Å². The lowest BCUT2D eigenvalue weighted by atomic mass is 10.1. The zero-order chi connectivity index (χ0) is 13.8. The highest BCUT2D eigenvalue weighted by molar-refractivity contribution is 7.98. The number of hydrogen-bond acceptors (Lipinski definition) is 3. The van der Waals surface area contributed by atoms with Crippen LogP contribution >= 0.6 is 11.8 Å². The van der Waals surface area contributed by atoms with Crippen LogP contribution in [0, 0.1) is 11.3 Å². The number of aromatic nitrogens is 1. The van der Waals surface area contributed by atoms with Gasteiger partial charge >= 0.3 is 0 Å². The Kier molecular flexibility index (Phi) is 3.67. The predicted molar refractivity (Wildman–Crippen MR) is 82.5 cm³/mol. The van der Waals surface area contributed by atoms with Crippen molar-refractivity contribution in [2.75, 3.05) is 0 Å². The highest BCUT2D eigenvalue weighted by Gasteiger charge is 2.00. The van der Waals surface area contributed by atoms with E-state index in [4.69, 9.17) is 5.26 Å². The van der Waals surface area contributed by atoms with Gasteiger partial charge in [-0.3, -0.25) is 0 Å². The molecule has 20 heavy (non-hydrogen) atoms. The Hall–Kier alpha value is -2.31. The lowest BCUT2D eigenvalue weighted by Crippen LogP contribution is -1.86. The Morgan fingerprint density at radius 3 is 2.70 bits per heavy atom. The molecule has 0 aliphatic rings. The van der Waals surface area contributed by atoms with E-state index < -0.39 is 0 Å². The monoisotopic (exact) mass is 276 g/mol. The number of fused-ring (bicyclic) bond motifs is 1. The smallest absolute Gasteiger partial charge is 0.140 e. The highest BCUT2D eigenvalue weighted by Crippen LogP contribution is 2.26. The summed E-state index contributed by atoms with van der Waals surface area (Å²) in [5.41, 5.74) is 1.59. The number of thioether (sulfide) groups is 1. The molecule has 0 radical (unpaired) electrons. The second kappa shape index (κ2) is 5.77. The molecule has 3 rings (SSSR count). The van der Waals surface area contributed by atoms with Crippen LogP contribution in [0.1, 0.15) is 11.3 Å². The largest absolute Gasteiger partial charge is 0.246 e. The number of nitrogens with zero attached hydrogens (tertiary/aromatic N) is 2. The topological polar surface area (TPSA) is 36.7 Å². The van der Waals surface area contributed by atoms with Crippen LogP contribution < -0.4 is 0 Å². The van der Waals surface area contributed by atoms with E-state index in [-0.39, 0.29) is 0 Å². The van der Waals surface area contributed by atoms with Gasteiger partial charge in [-0.15, -0.1) is 11.8 Å². The van der Waals surface area contributed by atoms with Crippen molar-refractivity contribution in [1.29, 1.82) is 5.26 Å². The molecule has 0 saturated heterocycles. The third kappa shape index (κ3) is 2.81. The summed E-state index contributed by atoms with van der Waals surface area (Å²) < 4.78 is 0. The fourth-order valence-corrected chi connectivity index (χ4v) is 2.94. The van der Waals surface area contributed by atoms with Crippen LogP contribution in [0.4, 0.5) is 0 Å². The van der Waals surface area contributed by atoms with Gasteiger partial charge < -0.3 is 0 Å². The molecule has 3 aromatic rings. The Labute approximate surface area is 122 Å². The Morgan fingerprint density at radius 2 is 1.85 bits per heavy atom. The Morgan fingerprint density at radius 1 is 1.00 bits per heavy atom. The molecular weight excluding hydrogens is 264 g/mol. The van der Waals surface area contributed by atoms with Gasteiger partial charge in [-0.1, -0.05) is 30.3 Å². The first-order valence-corrected chi connectivity index (χ1v) is 7.30.